The minimum absolute atomic E-state index is 0.239. The van der Waals surface area contributed by atoms with Crippen molar-refractivity contribution in [2.24, 2.45) is 5.92 Å². The minimum Gasteiger partial charge on any atom is -0.310 e. The van der Waals surface area contributed by atoms with Gasteiger partial charge >= 0.3 is 6.18 Å². The smallest absolute Gasteiger partial charge is 0.310 e. The number of nitrogens with zero attached hydrogens (tertiary/aromatic N) is 1. The molecule has 3 unspecified atom stereocenters. The van der Waals surface area contributed by atoms with Crippen molar-refractivity contribution < 1.29 is 13.2 Å². The Morgan fingerprint density at radius 1 is 1.10 bits per heavy atom. The second-order valence-electron chi connectivity index (χ2n) is 6.44. The van der Waals surface area contributed by atoms with Crippen molar-refractivity contribution in [3.8, 4) is 0 Å². The van der Waals surface area contributed by atoms with Crippen LogP contribution in [-0.2, 0) is 0 Å². The first-order valence-corrected chi connectivity index (χ1v) is 8.03. The summed E-state index contributed by atoms with van der Waals surface area (Å²) in [6, 6.07) is 0.792. The average Bonchev–Trinajstić information content (AvgIpc) is 2.37. The predicted molar refractivity (Wildman–Crippen MR) is 74.7 cm³/mol. The van der Waals surface area contributed by atoms with Crippen LogP contribution in [0, 0.1) is 5.92 Å². The van der Waals surface area contributed by atoms with Crippen LogP contribution in [0.15, 0.2) is 0 Å². The van der Waals surface area contributed by atoms with E-state index in [2.05, 4.69) is 5.32 Å². The number of piperidine rings is 1. The molecule has 0 spiro atoms. The van der Waals surface area contributed by atoms with E-state index in [1.54, 1.807) is 4.90 Å². The van der Waals surface area contributed by atoms with Crippen LogP contribution < -0.4 is 5.32 Å². The topological polar surface area (TPSA) is 15.3 Å². The lowest BCUT2D eigenvalue weighted by Crippen LogP contribution is -2.53. The number of fused-ring (bicyclic) bond motifs is 1. The van der Waals surface area contributed by atoms with Crippen molar-refractivity contribution in [1.82, 2.24) is 10.2 Å². The van der Waals surface area contributed by atoms with Crippen molar-refractivity contribution >= 4 is 0 Å². The Morgan fingerprint density at radius 3 is 2.55 bits per heavy atom. The predicted octanol–water partition coefficient (Wildman–Crippen LogP) is 3.57. The number of rotatable bonds is 5. The fourth-order valence-electron chi connectivity index (χ4n) is 3.83. The fourth-order valence-corrected chi connectivity index (χ4v) is 3.83. The Kier molecular flexibility index (Phi) is 5.73. The van der Waals surface area contributed by atoms with Gasteiger partial charge in [-0.3, -0.25) is 4.90 Å². The molecule has 1 aliphatic heterocycles. The zero-order valence-electron chi connectivity index (χ0n) is 12.4. The van der Waals surface area contributed by atoms with E-state index in [1.165, 1.54) is 32.1 Å². The standard InChI is InChI=1S/C15H27F3N2/c1-2-9-20(11-15(16,17)18)10-13-8-7-12-5-3-4-6-14(12)19-13/h12-14,19H,2-11H2,1H3. The first-order valence-electron chi connectivity index (χ1n) is 8.03. The second kappa shape index (κ2) is 7.12. The zero-order chi connectivity index (χ0) is 14.6. The maximum Gasteiger partial charge on any atom is 0.401 e. The van der Waals surface area contributed by atoms with E-state index in [-0.39, 0.29) is 6.04 Å². The van der Waals surface area contributed by atoms with Gasteiger partial charge in [0.1, 0.15) is 0 Å². The number of halogens is 3. The lowest BCUT2D eigenvalue weighted by atomic mass is 9.77. The summed E-state index contributed by atoms with van der Waals surface area (Å²) >= 11 is 0. The van der Waals surface area contributed by atoms with E-state index in [1.807, 2.05) is 6.92 Å². The highest BCUT2D eigenvalue weighted by Crippen LogP contribution is 2.32. The van der Waals surface area contributed by atoms with Crippen LogP contribution in [-0.4, -0.2) is 42.8 Å². The lowest BCUT2D eigenvalue weighted by Gasteiger charge is -2.42. The van der Waals surface area contributed by atoms with Gasteiger partial charge in [-0.2, -0.15) is 13.2 Å². The molecule has 5 heteroatoms. The van der Waals surface area contributed by atoms with Crippen LogP contribution in [0.5, 0.6) is 0 Å². The molecule has 20 heavy (non-hydrogen) atoms. The molecular formula is C15H27F3N2. The Bertz CT molecular complexity index is 293. The van der Waals surface area contributed by atoms with Crippen LogP contribution in [0.4, 0.5) is 13.2 Å². The van der Waals surface area contributed by atoms with E-state index < -0.39 is 12.7 Å². The van der Waals surface area contributed by atoms with Gasteiger partial charge < -0.3 is 5.32 Å². The van der Waals surface area contributed by atoms with Crippen molar-refractivity contribution in [3.63, 3.8) is 0 Å². The van der Waals surface area contributed by atoms with Crippen molar-refractivity contribution in [1.29, 1.82) is 0 Å². The van der Waals surface area contributed by atoms with Crippen LogP contribution in [0.3, 0.4) is 0 Å². The Balaban J connectivity index is 1.83. The van der Waals surface area contributed by atoms with Crippen LogP contribution in [0.2, 0.25) is 0 Å². The van der Waals surface area contributed by atoms with E-state index in [4.69, 9.17) is 0 Å². The Labute approximate surface area is 120 Å². The maximum absolute atomic E-state index is 12.6. The second-order valence-corrected chi connectivity index (χ2v) is 6.44. The zero-order valence-corrected chi connectivity index (χ0v) is 12.4. The van der Waals surface area contributed by atoms with E-state index in [0.717, 1.165) is 18.8 Å². The number of hydrogen-bond acceptors (Lipinski definition) is 2. The minimum atomic E-state index is -4.09. The van der Waals surface area contributed by atoms with Crippen molar-refractivity contribution in [2.75, 3.05) is 19.6 Å². The molecule has 0 aromatic carbocycles. The molecule has 1 aliphatic carbocycles. The van der Waals surface area contributed by atoms with Gasteiger partial charge in [0.05, 0.1) is 6.54 Å². The Hall–Kier alpha value is -0.290. The molecule has 1 saturated heterocycles. The molecule has 2 fully saturated rings. The first-order chi connectivity index (χ1) is 9.48. The lowest BCUT2D eigenvalue weighted by molar-refractivity contribution is -0.147. The summed E-state index contributed by atoms with van der Waals surface area (Å²) in [6.45, 7) is 2.24. The van der Waals surface area contributed by atoms with E-state index in [9.17, 15) is 13.2 Å². The molecule has 3 atom stereocenters. The summed E-state index contributed by atoms with van der Waals surface area (Å²) in [5.74, 6) is 0.766. The normalized spacial score (nSPS) is 31.4. The molecular weight excluding hydrogens is 265 g/mol. The van der Waals surface area contributed by atoms with Crippen LogP contribution in [0.25, 0.3) is 0 Å². The van der Waals surface area contributed by atoms with E-state index >= 15 is 0 Å². The summed E-state index contributed by atoms with van der Waals surface area (Å²) in [7, 11) is 0. The van der Waals surface area contributed by atoms with Gasteiger partial charge in [0.15, 0.2) is 0 Å². The first kappa shape index (κ1) is 16.1. The van der Waals surface area contributed by atoms with Crippen LogP contribution in [0.1, 0.15) is 51.9 Å². The van der Waals surface area contributed by atoms with E-state index in [0.29, 0.717) is 19.1 Å². The molecule has 1 saturated carbocycles. The molecule has 0 bridgehead atoms. The number of alkyl halides is 3. The van der Waals surface area contributed by atoms with Gasteiger partial charge in [-0.25, -0.2) is 0 Å². The third-order valence-corrected chi connectivity index (χ3v) is 4.67. The molecule has 1 heterocycles. The van der Waals surface area contributed by atoms with Gasteiger partial charge in [0, 0.05) is 18.6 Å². The molecule has 2 rings (SSSR count). The molecule has 2 aliphatic rings. The summed E-state index contributed by atoms with van der Waals surface area (Å²) in [4.78, 5) is 1.57. The molecule has 2 nitrogen and oxygen atoms in total. The summed E-state index contributed by atoms with van der Waals surface area (Å²) < 4.78 is 37.8. The molecule has 118 valence electrons. The molecule has 0 aromatic rings. The molecule has 1 N–H and O–H groups in total. The molecule has 0 aromatic heterocycles. The monoisotopic (exact) mass is 292 g/mol. The van der Waals surface area contributed by atoms with Gasteiger partial charge in [0.25, 0.3) is 0 Å². The third kappa shape index (κ3) is 4.92. The molecule has 0 radical (unpaired) electrons. The summed E-state index contributed by atoms with van der Waals surface area (Å²) in [6.07, 6.45) is 3.99. The fraction of sp³-hybridized carbons (Fsp3) is 1.00. The van der Waals surface area contributed by atoms with Gasteiger partial charge in [-0.1, -0.05) is 19.8 Å². The van der Waals surface area contributed by atoms with Crippen molar-refractivity contribution in [2.45, 2.75) is 70.1 Å². The highest BCUT2D eigenvalue weighted by Gasteiger charge is 2.35. The van der Waals surface area contributed by atoms with Gasteiger partial charge in [-0.05, 0) is 44.6 Å². The van der Waals surface area contributed by atoms with Crippen LogP contribution >= 0.6 is 0 Å². The van der Waals surface area contributed by atoms with Gasteiger partial charge in [0.2, 0.25) is 0 Å². The average molecular weight is 292 g/mol. The molecule has 0 amide bonds. The third-order valence-electron chi connectivity index (χ3n) is 4.67. The largest absolute Gasteiger partial charge is 0.401 e. The van der Waals surface area contributed by atoms with Crippen molar-refractivity contribution in [3.05, 3.63) is 0 Å². The SMILES string of the molecule is CCCN(CC1CCC2CCCCC2N1)CC(F)(F)F. The highest BCUT2D eigenvalue weighted by atomic mass is 19.4. The maximum atomic E-state index is 12.6. The highest BCUT2D eigenvalue weighted by molar-refractivity contribution is 4.90. The van der Waals surface area contributed by atoms with Gasteiger partial charge in [-0.15, -0.1) is 0 Å². The summed E-state index contributed by atoms with van der Waals surface area (Å²) in [5, 5.41) is 3.62. The summed E-state index contributed by atoms with van der Waals surface area (Å²) in [5.41, 5.74) is 0. The Morgan fingerprint density at radius 2 is 1.85 bits per heavy atom. The number of nitrogens with one attached hydrogen (secondary N) is 1. The number of hydrogen-bond donors (Lipinski definition) is 1. The quantitative estimate of drug-likeness (QED) is 0.833.